The third-order valence-corrected chi connectivity index (χ3v) is 3.97. The first-order chi connectivity index (χ1) is 9.15. The Hall–Kier alpha value is -1.62. The van der Waals surface area contributed by atoms with Crippen molar-refractivity contribution in [3.63, 3.8) is 0 Å². The molecule has 1 atom stereocenters. The van der Waals surface area contributed by atoms with Crippen LogP contribution in [0, 0.1) is 11.8 Å². The lowest BCUT2D eigenvalue weighted by Crippen LogP contribution is -2.12. The van der Waals surface area contributed by atoms with E-state index in [9.17, 15) is 0 Å². The molecule has 1 aromatic heterocycles. The Kier molecular flexibility index (Phi) is 3.14. The highest BCUT2D eigenvalue weighted by Crippen LogP contribution is 2.37. The number of tetrazole rings is 1. The molecule has 0 spiro atoms. The first-order valence-electron chi connectivity index (χ1n) is 6.46. The van der Waals surface area contributed by atoms with Crippen LogP contribution < -0.4 is 5.73 Å². The molecule has 1 saturated carbocycles. The highest BCUT2D eigenvalue weighted by Gasteiger charge is 2.29. The van der Waals surface area contributed by atoms with E-state index in [4.69, 9.17) is 17.3 Å². The molecule has 0 aliphatic heterocycles. The number of nitrogen functional groups attached to an aromatic ring is 1. The second-order valence-electron chi connectivity index (χ2n) is 5.24. The van der Waals surface area contributed by atoms with E-state index >= 15 is 0 Å². The summed E-state index contributed by atoms with van der Waals surface area (Å²) in [6, 6.07) is 5.40. The van der Waals surface area contributed by atoms with Gasteiger partial charge in [-0.3, -0.25) is 0 Å². The van der Waals surface area contributed by atoms with Gasteiger partial charge in [-0.1, -0.05) is 18.5 Å². The molecule has 100 valence electrons. The molecule has 1 heterocycles. The van der Waals surface area contributed by atoms with Gasteiger partial charge in [-0.15, -0.1) is 5.10 Å². The number of hydrogen-bond acceptors (Lipinski definition) is 4. The van der Waals surface area contributed by atoms with E-state index in [0.29, 0.717) is 22.5 Å². The summed E-state index contributed by atoms with van der Waals surface area (Å²) in [6.07, 6.45) is 2.64. The quantitative estimate of drug-likeness (QED) is 0.872. The number of nitrogens with two attached hydrogens (primary N) is 1. The third kappa shape index (κ3) is 2.56. The Morgan fingerprint density at radius 1 is 1.47 bits per heavy atom. The third-order valence-electron chi connectivity index (χ3n) is 3.65. The van der Waals surface area contributed by atoms with Crippen molar-refractivity contribution in [3.8, 4) is 11.4 Å². The van der Waals surface area contributed by atoms with Gasteiger partial charge in [0.15, 0.2) is 5.82 Å². The van der Waals surface area contributed by atoms with E-state index in [1.807, 2.05) is 16.8 Å². The minimum absolute atomic E-state index is 0.579. The first kappa shape index (κ1) is 12.4. The molecule has 0 amide bonds. The van der Waals surface area contributed by atoms with Crippen molar-refractivity contribution in [3.05, 3.63) is 23.2 Å². The Morgan fingerprint density at radius 3 is 2.95 bits per heavy atom. The van der Waals surface area contributed by atoms with Crippen LogP contribution >= 0.6 is 11.6 Å². The average molecular weight is 278 g/mol. The maximum atomic E-state index is 6.22. The van der Waals surface area contributed by atoms with Crippen molar-refractivity contribution >= 4 is 17.3 Å². The molecule has 2 aromatic rings. The van der Waals surface area contributed by atoms with Crippen LogP contribution in [0.4, 0.5) is 5.69 Å². The van der Waals surface area contributed by atoms with Crippen LogP contribution in [0.2, 0.25) is 5.02 Å². The highest BCUT2D eigenvalue weighted by molar-refractivity contribution is 6.33. The molecule has 5 nitrogen and oxygen atoms in total. The largest absolute Gasteiger partial charge is 0.399 e. The summed E-state index contributed by atoms with van der Waals surface area (Å²) in [6.45, 7) is 3.07. The maximum Gasteiger partial charge on any atom is 0.183 e. The number of aromatic nitrogens is 4. The lowest BCUT2D eigenvalue weighted by molar-refractivity contribution is 0.402. The fourth-order valence-corrected chi connectivity index (χ4v) is 2.59. The van der Waals surface area contributed by atoms with Crippen molar-refractivity contribution in [1.82, 2.24) is 20.2 Å². The molecule has 1 fully saturated rings. The van der Waals surface area contributed by atoms with Crippen LogP contribution in [-0.2, 0) is 6.54 Å². The summed E-state index contributed by atoms with van der Waals surface area (Å²) in [5.74, 6) is 2.12. The van der Waals surface area contributed by atoms with Crippen LogP contribution in [0.25, 0.3) is 11.4 Å². The van der Waals surface area contributed by atoms with Gasteiger partial charge in [-0.05, 0) is 53.3 Å². The van der Waals surface area contributed by atoms with Crippen LogP contribution in [-0.4, -0.2) is 20.2 Å². The predicted molar refractivity (Wildman–Crippen MR) is 74.6 cm³/mol. The summed E-state index contributed by atoms with van der Waals surface area (Å²) in [7, 11) is 0. The van der Waals surface area contributed by atoms with E-state index in [1.54, 1.807) is 6.07 Å². The van der Waals surface area contributed by atoms with E-state index in [1.165, 1.54) is 12.8 Å². The average Bonchev–Trinajstić information content (AvgIpc) is 3.12. The zero-order chi connectivity index (χ0) is 13.4. The fourth-order valence-electron chi connectivity index (χ4n) is 2.32. The van der Waals surface area contributed by atoms with Crippen LogP contribution in [0.1, 0.15) is 19.8 Å². The molecule has 1 aliphatic carbocycles. The lowest BCUT2D eigenvalue weighted by atomic mass is 10.1. The minimum Gasteiger partial charge on any atom is -0.399 e. The molecule has 0 radical (unpaired) electrons. The fraction of sp³-hybridized carbons (Fsp3) is 0.462. The molecule has 3 rings (SSSR count). The molecule has 19 heavy (non-hydrogen) atoms. The molecular formula is C13H16ClN5. The SMILES string of the molecule is CC(Cn1nnnc1-c1ccc(N)cc1Cl)C1CC1. The second-order valence-corrected chi connectivity index (χ2v) is 5.65. The summed E-state index contributed by atoms with van der Waals surface area (Å²) < 4.78 is 1.83. The van der Waals surface area contributed by atoms with Crippen molar-refractivity contribution in [2.45, 2.75) is 26.3 Å². The smallest absolute Gasteiger partial charge is 0.183 e. The zero-order valence-electron chi connectivity index (χ0n) is 10.8. The molecule has 1 unspecified atom stereocenters. The Balaban J connectivity index is 1.90. The monoisotopic (exact) mass is 277 g/mol. The van der Waals surface area contributed by atoms with Gasteiger partial charge < -0.3 is 5.73 Å². The van der Waals surface area contributed by atoms with Gasteiger partial charge in [-0.25, -0.2) is 4.68 Å². The van der Waals surface area contributed by atoms with Crippen molar-refractivity contribution < 1.29 is 0 Å². The molecule has 0 bridgehead atoms. The van der Waals surface area contributed by atoms with Crippen LogP contribution in [0.15, 0.2) is 18.2 Å². The lowest BCUT2D eigenvalue weighted by Gasteiger charge is -2.11. The molecule has 1 aliphatic rings. The van der Waals surface area contributed by atoms with Gasteiger partial charge in [-0.2, -0.15) is 0 Å². The first-order valence-corrected chi connectivity index (χ1v) is 6.84. The van der Waals surface area contributed by atoms with Crippen molar-refractivity contribution in [2.24, 2.45) is 11.8 Å². The molecule has 0 saturated heterocycles. The summed E-state index contributed by atoms with van der Waals surface area (Å²) in [5, 5.41) is 12.5. The van der Waals surface area contributed by atoms with Gasteiger partial charge >= 0.3 is 0 Å². The Labute approximate surface area is 116 Å². The predicted octanol–water partition coefficient (Wildman–Crippen LogP) is 2.62. The number of anilines is 1. The van der Waals surface area contributed by atoms with Crippen molar-refractivity contribution in [2.75, 3.05) is 5.73 Å². The van der Waals surface area contributed by atoms with Crippen LogP contribution in [0.5, 0.6) is 0 Å². The molecular weight excluding hydrogens is 262 g/mol. The summed E-state index contributed by atoms with van der Waals surface area (Å²) in [4.78, 5) is 0. The van der Waals surface area contributed by atoms with Gasteiger partial charge in [0.05, 0.1) is 5.02 Å². The topological polar surface area (TPSA) is 69.6 Å². The van der Waals surface area contributed by atoms with Gasteiger partial charge in [0.1, 0.15) is 0 Å². The highest BCUT2D eigenvalue weighted by atomic mass is 35.5. The molecule has 2 N–H and O–H groups in total. The summed E-state index contributed by atoms with van der Waals surface area (Å²) >= 11 is 6.22. The number of halogens is 1. The van der Waals surface area contributed by atoms with E-state index in [2.05, 4.69) is 22.4 Å². The van der Waals surface area contributed by atoms with E-state index < -0.39 is 0 Å². The van der Waals surface area contributed by atoms with Crippen molar-refractivity contribution in [1.29, 1.82) is 0 Å². The Bertz CT molecular complexity index is 590. The molecule has 6 heteroatoms. The van der Waals surface area contributed by atoms with Gasteiger partial charge in [0.2, 0.25) is 0 Å². The van der Waals surface area contributed by atoms with Crippen LogP contribution in [0.3, 0.4) is 0 Å². The van der Waals surface area contributed by atoms with Gasteiger partial charge in [0.25, 0.3) is 0 Å². The number of hydrogen-bond donors (Lipinski definition) is 1. The standard InChI is InChI=1S/C13H16ClN5/c1-8(9-2-3-9)7-19-13(16-17-18-19)11-5-4-10(15)6-12(11)14/h4-6,8-9H,2-3,7,15H2,1H3. The number of rotatable bonds is 4. The minimum atomic E-state index is 0.579. The number of benzene rings is 1. The second kappa shape index (κ2) is 4.81. The summed E-state index contributed by atoms with van der Waals surface area (Å²) in [5.41, 5.74) is 7.17. The normalized spacial score (nSPS) is 16.5. The zero-order valence-corrected chi connectivity index (χ0v) is 11.5. The maximum absolute atomic E-state index is 6.22. The number of nitrogens with zero attached hydrogens (tertiary/aromatic N) is 4. The molecule has 1 aromatic carbocycles. The Morgan fingerprint density at radius 2 is 2.26 bits per heavy atom. The van der Waals surface area contributed by atoms with E-state index in [0.717, 1.165) is 18.0 Å². The van der Waals surface area contributed by atoms with E-state index in [-0.39, 0.29) is 0 Å². The van der Waals surface area contributed by atoms with Gasteiger partial charge in [0, 0.05) is 17.8 Å².